The summed E-state index contributed by atoms with van der Waals surface area (Å²) in [5.74, 6) is 1.31. The fourth-order valence-corrected chi connectivity index (χ4v) is 2.97. The minimum absolute atomic E-state index is 0.155. The Labute approximate surface area is 181 Å². The molecule has 0 radical (unpaired) electrons. The molecule has 1 atom stereocenters. The highest BCUT2D eigenvalue weighted by Crippen LogP contribution is 2.18. The van der Waals surface area contributed by atoms with Crippen LogP contribution < -0.4 is 25.0 Å². The van der Waals surface area contributed by atoms with Gasteiger partial charge in [-0.15, -0.1) is 0 Å². The van der Waals surface area contributed by atoms with Crippen molar-refractivity contribution >= 4 is 11.6 Å². The summed E-state index contributed by atoms with van der Waals surface area (Å²) in [5, 5.41) is 2.77. The second-order valence-electron chi connectivity index (χ2n) is 6.93. The van der Waals surface area contributed by atoms with Crippen molar-refractivity contribution in [2.24, 2.45) is 0 Å². The summed E-state index contributed by atoms with van der Waals surface area (Å²) in [5.41, 5.74) is 1.02. The SMILES string of the molecule is COc1ccc(OCCn2ccc(=O)c(OC(C)C(=O)Nc3ccccc3)c2C)cc1. The summed E-state index contributed by atoms with van der Waals surface area (Å²) in [7, 11) is 1.61. The number of pyridine rings is 1. The van der Waals surface area contributed by atoms with E-state index >= 15 is 0 Å². The predicted octanol–water partition coefficient (Wildman–Crippen LogP) is 3.65. The molecular weight excluding hydrogens is 396 g/mol. The number of rotatable bonds is 9. The average molecular weight is 422 g/mol. The van der Waals surface area contributed by atoms with Crippen LogP contribution in [0.15, 0.2) is 71.7 Å². The van der Waals surface area contributed by atoms with E-state index in [0.29, 0.717) is 24.5 Å². The van der Waals surface area contributed by atoms with E-state index in [0.717, 1.165) is 11.5 Å². The highest BCUT2D eigenvalue weighted by Gasteiger charge is 2.18. The van der Waals surface area contributed by atoms with Crippen LogP contribution in [0.4, 0.5) is 5.69 Å². The Bertz CT molecular complexity index is 1060. The highest BCUT2D eigenvalue weighted by atomic mass is 16.5. The van der Waals surface area contributed by atoms with Gasteiger partial charge in [0.05, 0.1) is 19.3 Å². The fourth-order valence-electron chi connectivity index (χ4n) is 2.97. The maximum absolute atomic E-state index is 12.4. The summed E-state index contributed by atoms with van der Waals surface area (Å²) in [6.07, 6.45) is 0.856. The first-order valence-electron chi connectivity index (χ1n) is 9.97. The van der Waals surface area contributed by atoms with Gasteiger partial charge in [0.25, 0.3) is 5.91 Å². The molecule has 1 heterocycles. The third-order valence-electron chi connectivity index (χ3n) is 4.75. The zero-order chi connectivity index (χ0) is 22.2. The van der Waals surface area contributed by atoms with E-state index in [4.69, 9.17) is 14.2 Å². The number of ether oxygens (including phenoxy) is 3. The number of nitrogens with zero attached hydrogens (tertiary/aromatic N) is 1. The molecule has 0 bridgehead atoms. The number of hydrogen-bond acceptors (Lipinski definition) is 5. The maximum Gasteiger partial charge on any atom is 0.265 e. The van der Waals surface area contributed by atoms with Crippen LogP contribution in [0.25, 0.3) is 0 Å². The van der Waals surface area contributed by atoms with E-state index in [1.54, 1.807) is 39.3 Å². The van der Waals surface area contributed by atoms with Crippen molar-refractivity contribution in [1.29, 1.82) is 0 Å². The predicted molar refractivity (Wildman–Crippen MR) is 119 cm³/mol. The van der Waals surface area contributed by atoms with Crippen LogP contribution in [-0.4, -0.2) is 30.3 Å². The molecule has 31 heavy (non-hydrogen) atoms. The van der Waals surface area contributed by atoms with Gasteiger partial charge in [-0.2, -0.15) is 0 Å². The Morgan fingerprint density at radius 2 is 1.71 bits per heavy atom. The van der Waals surface area contributed by atoms with Crippen LogP contribution in [0.3, 0.4) is 0 Å². The Balaban J connectivity index is 1.62. The minimum Gasteiger partial charge on any atom is -0.497 e. The van der Waals surface area contributed by atoms with Crippen LogP contribution >= 0.6 is 0 Å². The molecule has 7 heteroatoms. The minimum atomic E-state index is -0.835. The summed E-state index contributed by atoms with van der Waals surface area (Å²) < 4.78 is 18.5. The Morgan fingerprint density at radius 3 is 2.39 bits per heavy atom. The van der Waals surface area contributed by atoms with Gasteiger partial charge in [0, 0.05) is 18.0 Å². The summed E-state index contributed by atoms with van der Waals surface area (Å²) in [6, 6.07) is 17.8. The van der Waals surface area contributed by atoms with E-state index in [1.165, 1.54) is 6.07 Å². The molecule has 0 aliphatic heterocycles. The number of carbonyl (C=O) groups excluding carboxylic acids is 1. The lowest BCUT2D eigenvalue weighted by Gasteiger charge is -2.18. The molecule has 0 saturated carbocycles. The van der Waals surface area contributed by atoms with Gasteiger partial charge < -0.3 is 24.1 Å². The molecule has 7 nitrogen and oxygen atoms in total. The van der Waals surface area contributed by atoms with Crippen molar-refractivity contribution < 1.29 is 19.0 Å². The normalized spacial score (nSPS) is 11.5. The molecule has 0 aliphatic carbocycles. The second-order valence-corrected chi connectivity index (χ2v) is 6.93. The Kier molecular flexibility index (Phi) is 7.32. The number of benzene rings is 2. The molecule has 0 spiro atoms. The van der Waals surface area contributed by atoms with Gasteiger partial charge in [-0.05, 0) is 50.2 Å². The Morgan fingerprint density at radius 1 is 1.03 bits per heavy atom. The molecule has 3 rings (SSSR count). The summed E-state index contributed by atoms with van der Waals surface area (Å²) >= 11 is 0. The first-order valence-corrected chi connectivity index (χ1v) is 9.97. The molecule has 0 saturated heterocycles. The lowest BCUT2D eigenvalue weighted by molar-refractivity contribution is -0.122. The van der Waals surface area contributed by atoms with Crippen LogP contribution in [0.2, 0.25) is 0 Å². The van der Waals surface area contributed by atoms with Crippen molar-refractivity contribution in [1.82, 2.24) is 4.57 Å². The number of hydrogen-bond donors (Lipinski definition) is 1. The van der Waals surface area contributed by atoms with Crippen LogP contribution in [-0.2, 0) is 11.3 Å². The third kappa shape index (κ3) is 5.88. The van der Waals surface area contributed by atoms with Crippen LogP contribution in [0.1, 0.15) is 12.6 Å². The number of anilines is 1. The van der Waals surface area contributed by atoms with E-state index in [1.807, 2.05) is 47.0 Å². The third-order valence-corrected chi connectivity index (χ3v) is 4.75. The van der Waals surface area contributed by atoms with Gasteiger partial charge >= 0.3 is 0 Å². The molecule has 3 aromatic rings. The monoisotopic (exact) mass is 422 g/mol. The van der Waals surface area contributed by atoms with Gasteiger partial charge in [0.15, 0.2) is 11.9 Å². The number of carbonyl (C=O) groups is 1. The number of aromatic nitrogens is 1. The summed E-state index contributed by atoms with van der Waals surface area (Å²) in [6.45, 7) is 4.31. The zero-order valence-corrected chi connectivity index (χ0v) is 17.8. The van der Waals surface area contributed by atoms with E-state index in [2.05, 4.69) is 5.32 Å². The van der Waals surface area contributed by atoms with Gasteiger partial charge in [-0.3, -0.25) is 9.59 Å². The molecular formula is C24H26N2O5. The molecule has 162 valence electrons. The topological polar surface area (TPSA) is 78.8 Å². The van der Waals surface area contributed by atoms with Crippen LogP contribution in [0, 0.1) is 6.92 Å². The van der Waals surface area contributed by atoms with Crippen molar-refractivity contribution in [2.75, 3.05) is 19.0 Å². The van der Waals surface area contributed by atoms with E-state index in [9.17, 15) is 9.59 Å². The number of amides is 1. The van der Waals surface area contributed by atoms with Crippen molar-refractivity contribution in [2.45, 2.75) is 26.5 Å². The quantitative estimate of drug-likeness (QED) is 0.570. The van der Waals surface area contributed by atoms with E-state index in [-0.39, 0.29) is 17.1 Å². The molecule has 1 N–H and O–H groups in total. The van der Waals surface area contributed by atoms with Crippen molar-refractivity contribution in [3.05, 3.63) is 82.8 Å². The van der Waals surface area contributed by atoms with Gasteiger partial charge in [0.1, 0.15) is 18.1 Å². The molecule has 2 aromatic carbocycles. The van der Waals surface area contributed by atoms with Gasteiger partial charge in [0.2, 0.25) is 5.43 Å². The highest BCUT2D eigenvalue weighted by molar-refractivity contribution is 5.94. The van der Waals surface area contributed by atoms with Crippen LogP contribution in [0.5, 0.6) is 17.2 Å². The smallest absolute Gasteiger partial charge is 0.265 e. The van der Waals surface area contributed by atoms with E-state index < -0.39 is 6.10 Å². The lowest BCUT2D eigenvalue weighted by atomic mass is 10.2. The second kappa shape index (κ2) is 10.3. The molecule has 1 amide bonds. The molecule has 1 unspecified atom stereocenters. The average Bonchev–Trinajstić information content (AvgIpc) is 2.79. The zero-order valence-electron chi connectivity index (χ0n) is 17.8. The van der Waals surface area contributed by atoms with Crippen molar-refractivity contribution in [3.63, 3.8) is 0 Å². The standard InChI is InChI=1S/C24H26N2O5/c1-17-23(31-18(2)24(28)25-19-7-5-4-6-8-19)22(27)13-14-26(17)15-16-30-21-11-9-20(29-3)10-12-21/h4-14,18H,15-16H2,1-3H3,(H,25,28). The fraction of sp³-hybridized carbons (Fsp3) is 0.250. The Hall–Kier alpha value is -3.74. The largest absolute Gasteiger partial charge is 0.497 e. The molecule has 0 fully saturated rings. The number of nitrogens with one attached hydrogen (secondary N) is 1. The number of para-hydroxylation sites is 1. The molecule has 1 aromatic heterocycles. The van der Waals surface area contributed by atoms with Crippen molar-refractivity contribution in [3.8, 4) is 17.2 Å². The molecule has 0 aliphatic rings. The lowest BCUT2D eigenvalue weighted by Crippen LogP contribution is -2.32. The maximum atomic E-state index is 12.4. The summed E-state index contributed by atoms with van der Waals surface area (Å²) in [4.78, 5) is 24.8. The van der Waals surface area contributed by atoms with Gasteiger partial charge in [-0.1, -0.05) is 18.2 Å². The van der Waals surface area contributed by atoms with Gasteiger partial charge in [-0.25, -0.2) is 0 Å². The number of methoxy groups -OCH3 is 1. The first-order chi connectivity index (χ1) is 15.0. The first kappa shape index (κ1) is 22.0.